The number of hydrogen-bond acceptors (Lipinski definition) is 5. The number of fused-ring (bicyclic) bond motifs is 4. The summed E-state index contributed by atoms with van der Waals surface area (Å²) in [7, 11) is 0. The van der Waals surface area contributed by atoms with E-state index in [1.165, 1.54) is 11.8 Å². The zero-order valence-corrected chi connectivity index (χ0v) is 19.9. The number of ketones is 1. The Balaban J connectivity index is 1.50. The van der Waals surface area contributed by atoms with Gasteiger partial charge in [-0.15, -0.1) is 10.2 Å². The van der Waals surface area contributed by atoms with Gasteiger partial charge in [-0.2, -0.15) is 0 Å². The minimum Gasteiger partial charge on any atom is -0.293 e. The fourth-order valence-corrected chi connectivity index (χ4v) is 5.38. The number of pyridine rings is 1. The molecule has 3 heterocycles. The third-order valence-electron chi connectivity index (χ3n) is 6.20. The first-order valence-electron chi connectivity index (χ1n) is 11.1. The molecule has 0 bridgehead atoms. The Bertz CT molecular complexity index is 1610. The second-order valence-corrected chi connectivity index (χ2v) is 9.10. The van der Waals surface area contributed by atoms with E-state index in [1.54, 1.807) is 9.13 Å². The van der Waals surface area contributed by atoms with Gasteiger partial charge < -0.3 is 0 Å². The summed E-state index contributed by atoms with van der Waals surface area (Å²) < 4.78 is 5.49. The standard InChI is InChI=1S/C25H25N5O2S/c1-5-28-19-11-10-17(13-20(19)29(6-2)25(28)32)21(31)14-33-24-27-26-22-12-16(4)18-9-7-8-15(3)23(18)30(22)24/h7-13H,5-6,14H2,1-4H3. The molecule has 0 aliphatic heterocycles. The Labute approximate surface area is 195 Å². The largest absolute Gasteiger partial charge is 0.329 e. The first kappa shape index (κ1) is 21.5. The molecule has 0 unspecified atom stereocenters. The molecule has 0 saturated heterocycles. The predicted molar refractivity (Wildman–Crippen MR) is 133 cm³/mol. The average Bonchev–Trinajstić information content (AvgIpc) is 3.34. The van der Waals surface area contributed by atoms with E-state index < -0.39 is 0 Å². The van der Waals surface area contributed by atoms with E-state index >= 15 is 0 Å². The third kappa shape index (κ3) is 3.36. The van der Waals surface area contributed by atoms with Gasteiger partial charge in [-0.05, 0) is 63.1 Å². The van der Waals surface area contributed by atoms with Crippen molar-refractivity contribution in [3.8, 4) is 0 Å². The smallest absolute Gasteiger partial charge is 0.293 e. The number of hydrogen-bond donors (Lipinski definition) is 0. The van der Waals surface area contributed by atoms with E-state index in [9.17, 15) is 9.59 Å². The number of aryl methyl sites for hydroxylation is 4. The molecule has 0 atom stereocenters. The van der Waals surface area contributed by atoms with E-state index in [0.717, 1.165) is 38.7 Å². The van der Waals surface area contributed by atoms with E-state index in [1.807, 2.05) is 42.5 Å². The first-order chi connectivity index (χ1) is 15.9. The van der Waals surface area contributed by atoms with Crippen LogP contribution in [-0.4, -0.2) is 35.3 Å². The molecule has 0 N–H and O–H groups in total. The van der Waals surface area contributed by atoms with Gasteiger partial charge in [0.1, 0.15) is 0 Å². The summed E-state index contributed by atoms with van der Waals surface area (Å²) in [5.41, 5.74) is 6.34. The molecular weight excluding hydrogens is 434 g/mol. The Morgan fingerprint density at radius 3 is 2.45 bits per heavy atom. The Kier molecular flexibility index (Phi) is 5.32. The highest BCUT2D eigenvalue weighted by atomic mass is 32.2. The molecule has 0 spiro atoms. The Morgan fingerprint density at radius 2 is 1.70 bits per heavy atom. The number of imidazole rings is 1. The first-order valence-corrected chi connectivity index (χ1v) is 12.1. The minimum atomic E-state index is -0.0403. The van der Waals surface area contributed by atoms with Crippen LogP contribution in [0, 0.1) is 13.8 Å². The van der Waals surface area contributed by atoms with Crippen LogP contribution in [0.3, 0.4) is 0 Å². The summed E-state index contributed by atoms with van der Waals surface area (Å²) in [5.74, 6) is 0.226. The van der Waals surface area contributed by atoms with Gasteiger partial charge in [0.25, 0.3) is 0 Å². The number of para-hydroxylation sites is 1. The quantitative estimate of drug-likeness (QED) is 0.273. The highest BCUT2D eigenvalue weighted by Crippen LogP contribution is 2.28. The van der Waals surface area contributed by atoms with Gasteiger partial charge in [0.05, 0.1) is 22.3 Å². The van der Waals surface area contributed by atoms with E-state index in [2.05, 4.69) is 42.2 Å². The molecule has 33 heavy (non-hydrogen) atoms. The van der Waals surface area contributed by atoms with Crippen molar-refractivity contribution in [2.75, 3.05) is 5.75 Å². The fourth-order valence-electron chi connectivity index (χ4n) is 4.54. The van der Waals surface area contributed by atoms with Crippen LogP contribution in [0.5, 0.6) is 0 Å². The van der Waals surface area contributed by atoms with Gasteiger partial charge >= 0.3 is 5.69 Å². The van der Waals surface area contributed by atoms with Crippen LogP contribution in [0.1, 0.15) is 35.3 Å². The summed E-state index contributed by atoms with van der Waals surface area (Å²) in [6.45, 7) is 9.20. The molecule has 0 aliphatic carbocycles. The number of thioether (sulfide) groups is 1. The molecular formula is C25H25N5O2S. The van der Waals surface area contributed by atoms with Crippen LogP contribution in [0.25, 0.3) is 27.6 Å². The summed E-state index contributed by atoms with van der Waals surface area (Å²) in [6, 6.07) is 13.8. The minimum absolute atomic E-state index is 0.00820. The zero-order valence-electron chi connectivity index (χ0n) is 19.1. The summed E-state index contributed by atoms with van der Waals surface area (Å²) >= 11 is 1.38. The van der Waals surface area contributed by atoms with Gasteiger partial charge in [0, 0.05) is 24.0 Å². The van der Waals surface area contributed by atoms with Crippen LogP contribution in [0.15, 0.2) is 52.4 Å². The van der Waals surface area contributed by atoms with Crippen LogP contribution in [0.4, 0.5) is 0 Å². The van der Waals surface area contributed by atoms with Crippen molar-refractivity contribution in [2.45, 2.75) is 45.9 Å². The van der Waals surface area contributed by atoms with Crippen molar-refractivity contribution in [1.82, 2.24) is 23.7 Å². The molecule has 0 fully saturated rings. The van der Waals surface area contributed by atoms with Crippen molar-refractivity contribution in [3.05, 3.63) is 69.6 Å². The molecule has 7 nitrogen and oxygen atoms in total. The lowest BCUT2D eigenvalue weighted by Gasteiger charge is -2.10. The Hall–Kier alpha value is -3.39. The molecule has 5 rings (SSSR count). The average molecular weight is 460 g/mol. The van der Waals surface area contributed by atoms with Gasteiger partial charge in [-0.1, -0.05) is 30.0 Å². The van der Waals surface area contributed by atoms with E-state index in [0.29, 0.717) is 23.8 Å². The van der Waals surface area contributed by atoms with Crippen molar-refractivity contribution in [3.63, 3.8) is 0 Å². The second kappa shape index (κ2) is 8.19. The lowest BCUT2D eigenvalue weighted by Crippen LogP contribution is -2.23. The third-order valence-corrected chi connectivity index (χ3v) is 7.12. The maximum absolute atomic E-state index is 13.1. The highest BCUT2D eigenvalue weighted by Gasteiger charge is 2.17. The fraction of sp³-hybridized carbons (Fsp3) is 0.280. The van der Waals surface area contributed by atoms with Crippen LogP contribution in [-0.2, 0) is 13.1 Å². The summed E-state index contributed by atoms with van der Waals surface area (Å²) in [4.78, 5) is 25.7. The predicted octanol–water partition coefficient (Wildman–Crippen LogP) is 4.63. The summed E-state index contributed by atoms with van der Waals surface area (Å²) in [6.07, 6.45) is 0. The molecule has 168 valence electrons. The maximum Gasteiger partial charge on any atom is 0.329 e. The summed E-state index contributed by atoms with van der Waals surface area (Å²) in [5, 5.41) is 10.6. The molecule has 3 aromatic heterocycles. The van der Waals surface area contributed by atoms with E-state index in [-0.39, 0.29) is 17.2 Å². The number of carbonyl (C=O) groups is 1. The van der Waals surface area contributed by atoms with Gasteiger partial charge in [-0.25, -0.2) is 4.79 Å². The second-order valence-electron chi connectivity index (χ2n) is 8.16. The van der Waals surface area contributed by atoms with Crippen LogP contribution < -0.4 is 5.69 Å². The number of rotatable bonds is 6. The highest BCUT2D eigenvalue weighted by molar-refractivity contribution is 7.99. The lowest BCUT2D eigenvalue weighted by atomic mass is 10.1. The van der Waals surface area contributed by atoms with Crippen molar-refractivity contribution in [2.24, 2.45) is 0 Å². The maximum atomic E-state index is 13.1. The molecule has 0 amide bonds. The lowest BCUT2D eigenvalue weighted by molar-refractivity contribution is 0.102. The molecule has 8 heteroatoms. The number of carbonyl (C=O) groups excluding carboxylic acids is 1. The van der Waals surface area contributed by atoms with Gasteiger partial charge in [0.15, 0.2) is 16.6 Å². The zero-order chi connectivity index (χ0) is 23.3. The van der Waals surface area contributed by atoms with Crippen molar-refractivity contribution >= 4 is 45.1 Å². The number of benzene rings is 2. The van der Waals surface area contributed by atoms with Crippen molar-refractivity contribution < 1.29 is 4.79 Å². The SMILES string of the molecule is CCn1c(=O)n(CC)c2cc(C(=O)CSc3nnc4cc(C)c5cccc(C)c5n34)ccc21. The Morgan fingerprint density at radius 1 is 0.939 bits per heavy atom. The number of nitrogens with zero attached hydrogens (tertiary/aromatic N) is 5. The number of aromatic nitrogens is 5. The van der Waals surface area contributed by atoms with Crippen LogP contribution in [0.2, 0.25) is 0 Å². The van der Waals surface area contributed by atoms with Crippen LogP contribution >= 0.6 is 11.8 Å². The molecule has 0 aliphatic rings. The molecule has 5 aromatic rings. The molecule has 0 saturated carbocycles. The van der Waals surface area contributed by atoms with Crippen molar-refractivity contribution in [1.29, 1.82) is 0 Å². The topological polar surface area (TPSA) is 74.2 Å². The monoisotopic (exact) mass is 459 g/mol. The van der Waals surface area contributed by atoms with E-state index in [4.69, 9.17) is 0 Å². The van der Waals surface area contributed by atoms with Gasteiger partial charge in [-0.3, -0.25) is 18.3 Å². The number of Topliss-reactive ketones (excluding diaryl/α,β-unsaturated/α-hetero) is 1. The normalized spacial score (nSPS) is 11.8. The molecule has 2 aromatic carbocycles. The molecule has 0 radical (unpaired) electrons. The van der Waals surface area contributed by atoms with Gasteiger partial charge in [0.2, 0.25) is 0 Å².